The van der Waals surface area contributed by atoms with Gasteiger partial charge >= 0.3 is 0 Å². The summed E-state index contributed by atoms with van der Waals surface area (Å²) in [5.74, 6) is -0.318. The topological polar surface area (TPSA) is 102 Å². The molecule has 0 bridgehead atoms. The number of halogens is 1. The summed E-state index contributed by atoms with van der Waals surface area (Å²) in [4.78, 5) is 21.9. The fraction of sp³-hybridized carbons (Fsp3) is 0.214. The average molecular weight is 380 g/mol. The number of hydrogen-bond donors (Lipinski definition) is 1. The van der Waals surface area contributed by atoms with Crippen molar-refractivity contribution in [3.8, 4) is 0 Å². The van der Waals surface area contributed by atoms with E-state index in [4.69, 9.17) is 0 Å². The van der Waals surface area contributed by atoms with Gasteiger partial charge in [-0.15, -0.1) is 0 Å². The number of hydrogen-bond acceptors (Lipinski definition) is 5. The summed E-state index contributed by atoms with van der Waals surface area (Å²) in [6, 6.07) is 5.84. The molecule has 9 heteroatoms. The molecule has 1 heterocycles. The van der Waals surface area contributed by atoms with Gasteiger partial charge in [-0.25, -0.2) is 5.43 Å². The zero-order chi connectivity index (χ0) is 17.0. The van der Waals surface area contributed by atoms with Crippen LogP contribution in [0.2, 0.25) is 0 Å². The molecule has 0 aliphatic carbocycles. The van der Waals surface area contributed by atoms with Crippen molar-refractivity contribution in [2.75, 3.05) is 0 Å². The Bertz CT molecular complexity index is 767. The molecule has 1 aromatic carbocycles. The molecule has 0 fully saturated rings. The Morgan fingerprint density at radius 3 is 2.61 bits per heavy atom. The third-order valence-corrected chi connectivity index (χ3v) is 4.24. The lowest BCUT2D eigenvalue weighted by Crippen LogP contribution is -2.24. The molecule has 1 aromatic heterocycles. The molecule has 0 aliphatic rings. The van der Waals surface area contributed by atoms with Crippen LogP contribution < -0.4 is 5.43 Å². The number of nitro benzene ring substituents is 1. The van der Waals surface area contributed by atoms with E-state index in [0.29, 0.717) is 5.56 Å². The number of nitrogens with one attached hydrogen (secondary N) is 1. The number of aromatic nitrogens is 2. The van der Waals surface area contributed by atoms with E-state index in [0.717, 1.165) is 15.9 Å². The smallest absolute Gasteiger partial charge is 0.269 e. The summed E-state index contributed by atoms with van der Waals surface area (Å²) in [7, 11) is 0. The molecular formula is C14H14BrN5O3. The molecule has 2 aromatic rings. The van der Waals surface area contributed by atoms with E-state index >= 15 is 0 Å². The quantitative estimate of drug-likeness (QED) is 0.489. The van der Waals surface area contributed by atoms with Crippen LogP contribution in [-0.2, 0) is 11.3 Å². The molecule has 120 valence electrons. The number of nitro groups is 1. The van der Waals surface area contributed by atoms with Crippen molar-refractivity contribution in [1.82, 2.24) is 15.2 Å². The summed E-state index contributed by atoms with van der Waals surface area (Å²) >= 11 is 3.40. The Labute approximate surface area is 140 Å². The summed E-state index contributed by atoms with van der Waals surface area (Å²) in [5, 5.41) is 18.6. The third kappa shape index (κ3) is 4.22. The predicted octanol–water partition coefficient (Wildman–Crippen LogP) is 2.32. The van der Waals surface area contributed by atoms with Crippen LogP contribution in [0.3, 0.4) is 0 Å². The molecule has 2 rings (SSSR count). The molecule has 1 amide bonds. The highest BCUT2D eigenvalue weighted by atomic mass is 79.9. The number of carbonyl (C=O) groups is 1. The molecule has 0 spiro atoms. The molecule has 0 unspecified atom stereocenters. The van der Waals surface area contributed by atoms with E-state index in [9.17, 15) is 14.9 Å². The van der Waals surface area contributed by atoms with E-state index in [1.807, 2.05) is 13.8 Å². The zero-order valence-electron chi connectivity index (χ0n) is 12.5. The van der Waals surface area contributed by atoms with Crippen LogP contribution >= 0.6 is 15.9 Å². The first-order valence-corrected chi connectivity index (χ1v) is 7.43. The number of nitrogens with zero attached hydrogens (tertiary/aromatic N) is 4. The van der Waals surface area contributed by atoms with Gasteiger partial charge in [-0.1, -0.05) is 0 Å². The minimum absolute atomic E-state index is 0.00119. The molecule has 0 aliphatic heterocycles. The van der Waals surface area contributed by atoms with Gasteiger partial charge in [0, 0.05) is 12.1 Å². The van der Waals surface area contributed by atoms with Crippen LogP contribution in [0.1, 0.15) is 17.0 Å². The second-order valence-electron chi connectivity index (χ2n) is 4.78. The van der Waals surface area contributed by atoms with Crippen molar-refractivity contribution in [3.63, 3.8) is 0 Å². The fourth-order valence-corrected chi connectivity index (χ4v) is 2.15. The minimum Gasteiger partial charge on any atom is -0.271 e. The highest BCUT2D eigenvalue weighted by molar-refractivity contribution is 9.10. The van der Waals surface area contributed by atoms with E-state index < -0.39 is 4.92 Å². The SMILES string of the molecule is Cc1nn(CC(=O)N/N=C/c2ccc([N+](=O)[O-])cc2)c(C)c1Br. The molecule has 0 atom stereocenters. The highest BCUT2D eigenvalue weighted by Crippen LogP contribution is 2.19. The van der Waals surface area contributed by atoms with Gasteiger partial charge in [-0.2, -0.15) is 10.2 Å². The first kappa shape index (κ1) is 16.8. The van der Waals surface area contributed by atoms with E-state index in [-0.39, 0.29) is 18.1 Å². The van der Waals surface area contributed by atoms with Crippen LogP contribution in [0.5, 0.6) is 0 Å². The number of carbonyl (C=O) groups excluding carboxylic acids is 1. The normalized spacial score (nSPS) is 10.9. The summed E-state index contributed by atoms with van der Waals surface area (Å²) < 4.78 is 2.45. The van der Waals surface area contributed by atoms with E-state index in [2.05, 4.69) is 31.6 Å². The Kier molecular flexibility index (Phi) is 5.22. The predicted molar refractivity (Wildman–Crippen MR) is 88.2 cm³/mol. The van der Waals surface area contributed by atoms with Crippen LogP contribution in [0.25, 0.3) is 0 Å². The van der Waals surface area contributed by atoms with E-state index in [1.165, 1.54) is 18.3 Å². The van der Waals surface area contributed by atoms with Crippen molar-refractivity contribution in [2.24, 2.45) is 5.10 Å². The van der Waals surface area contributed by atoms with Crippen molar-refractivity contribution < 1.29 is 9.72 Å². The van der Waals surface area contributed by atoms with Gasteiger partial charge in [-0.05, 0) is 47.5 Å². The molecule has 0 radical (unpaired) electrons. The van der Waals surface area contributed by atoms with Crippen LogP contribution in [-0.4, -0.2) is 26.8 Å². The van der Waals surface area contributed by atoms with Gasteiger partial charge in [0.1, 0.15) is 6.54 Å². The highest BCUT2D eigenvalue weighted by Gasteiger charge is 2.11. The summed E-state index contributed by atoms with van der Waals surface area (Å²) in [5.41, 5.74) is 4.71. The fourth-order valence-electron chi connectivity index (χ4n) is 1.86. The van der Waals surface area contributed by atoms with E-state index in [1.54, 1.807) is 16.8 Å². The molecular weight excluding hydrogens is 366 g/mol. The first-order valence-electron chi connectivity index (χ1n) is 6.64. The molecule has 0 saturated heterocycles. The Balaban J connectivity index is 1.93. The number of rotatable bonds is 5. The monoisotopic (exact) mass is 379 g/mol. The van der Waals surface area contributed by atoms with Crippen LogP contribution in [0.4, 0.5) is 5.69 Å². The van der Waals surface area contributed by atoms with Crippen LogP contribution in [0.15, 0.2) is 33.8 Å². The molecule has 1 N–H and O–H groups in total. The van der Waals surface area contributed by atoms with Crippen molar-refractivity contribution in [1.29, 1.82) is 0 Å². The average Bonchev–Trinajstić information content (AvgIpc) is 2.75. The lowest BCUT2D eigenvalue weighted by molar-refractivity contribution is -0.384. The maximum absolute atomic E-state index is 11.8. The third-order valence-electron chi connectivity index (χ3n) is 3.09. The number of hydrazone groups is 1. The summed E-state index contributed by atoms with van der Waals surface area (Å²) in [6.07, 6.45) is 1.42. The van der Waals surface area contributed by atoms with Crippen molar-refractivity contribution in [3.05, 3.63) is 55.8 Å². The van der Waals surface area contributed by atoms with Gasteiger partial charge in [0.05, 0.1) is 27.0 Å². The largest absolute Gasteiger partial charge is 0.271 e. The number of amides is 1. The maximum atomic E-state index is 11.8. The number of benzene rings is 1. The van der Waals surface area contributed by atoms with Crippen molar-refractivity contribution in [2.45, 2.75) is 20.4 Å². The minimum atomic E-state index is -0.477. The Morgan fingerprint density at radius 1 is 1.43 bits per heavy atom. The van der Waals surface area contributed by atoms with Gasteiger partial charge in [0.2, 0.25) is 0 Å². The van der Waals surface area contributed by atoms with Gasteiger partial charge in [0.25, 0.3) is 11.6 Å². The molecule has 0 saturated carbocycles. The van der Waals surface area contributed by atoms with Gasteiger partial charge in [-0.3, -0.25) is 19.6 Å². The molecule has 8 nitrogen and oxygen atoms in total. The van der Waals surface area contributed by atoms with Gasteiger partial charge in [0.15, 0.2) is 0 Å². The first-order chi connectivity index (χ1) is 10.9. The van der Waals surface area contributed by atoms with Crippen molar-refractivity contribution >= 4 is 33.7 Å². The second-order valence-corrected chi connectivity index (χ2v) is 5.58. The Hall–Kier alpha value is -2.55. The summed E-state index contributed by atoms with van der Waals surface area (Å²) in [6.45, 7) is 3.76. The van der Waals surface area contributed by atoms with Crippen LogP contribution in [0, 0.1) is 24.0 Å². The number of aryl methyl sites for hydroxylation is 1. The molecule has 23 heavy (non-hydrogen) atoms. The maximum Gasteiger partial charge on any atom is 0.269 e. The van der Waals surface area contributed by atoms with Gasteiger partial charge < -0.3 is 0 Å². The second kappa shape index (κ2) is 7.14. The zero-order valence-corrected chi connectivity index (χ0v) is 14.1. The number of non-ortho nitro benzene ring substituents is 1. The Morgan fingerprint density at radius 2 is 2.09 bits per heavy atom. The lowest BCUT2D eigenvalue weighted by atomic mass is 10.2. The standard InChI is InChI=1S/C14H14BrN5O3/c1-9-14(15)10(2)19(18-9)8-13(21)17-16-7-11-3-5-12(6-4-11)20(22)23/h3-7H,8H2,1-2H3,(H,17,21)/b16-7+. The lowest BCUT2D eigenvalue weighted by Gasteiger charge is -2.03.